The van der Waals surface area contributed by atoms with E-state index in [1.807, 2.05) is 24.3 Å². The Morgan fingerprint density at radius 2 is 1.96 bits per heavy atom. The number of guanidine groups is 1. The zero-order chi connectivity index (χ0) is 18.4. The van der Waals surface area contributed by atoms with Gasteiger partial charge in [-0.25, -0.2) is 4.98 Å². The van der Waals surface area contributed by atoms with E-state index in [-0.39, 0.29) is 0 Å². The summed E-state index contributed by atoms with van der Waals surface area (Å²) < 4.78 is 0. The summed E-state index contributed by atoms with van der Waals surface area (Å²) in [4.78, 5) is 12.3. The standard InChI is InChI=1S/C21H27N5/c1-3-15(2)16-10-12-17(13-11-16)24-21(22)23-14-6-9-20-25-18-7-4-5-8-19(18)26-20/h4-5,7-8,10-13,15H,3,6,9,14H2,1-2H3,(H,25,26)(H3,22,23,24). The van der Waals surface area contributed by atoms with Crippen molar-refractivity contribution in [2.45, 2.75) is 39.0 Å². The smallest absolute Gasteiger partial charge is 0.193 e. The Kier molecular flexibility index (Phi) is 5.89. The van der Waals surface area contributed by atoms with Crippen LogP contribution < -0.4 is 11.1 Å². The number of aromatic amines is 1. The van der Waals surface area contributed by atoms with E-state index in [1.54, 1.807) is 0 Å². The Balaban J connectivity index is 1.47. The van der Waals surface area contributed by atoms with Crippen molar-refractivity contribution >= 4 is 22.7 Å². The molecule has 3 aromatic rings. The minimum Gasteiger partial charge on any atom is -0.370 e. The van der Waals surface area contributed by atoms with Crippen LogP contribution in [0.25, 0.3) is 11.0 Å². The molecule has 1 atom stereocenters. The summed E-state index contributed by atoms with van der Waals surface area (Å²) in [5, 5.41) is 3.15. The number of aromatic nitrogens is 2. The summed E-state index contributed by atoms with van der Waals surface area (Å²) in [6.45, 7) is 5.11. The Bertz CT molecular complexity index is 830. The molecule has 0 aliphatic rings. The summed E-state index contributed by atoms with van der Waals surface area (Å²) in [5.41, 5.74) is 10.4. The fourth-order valence-corrected chi connectivity index (χ4v) is 2.89. The molecule has 2 aromatic carbocycles. The number of rotatable bonds is 7. The molecule has 0 saturated carbocycles. The normalized spacial score (nSPS) is 13.1. The van der Waals surface area contributed by atoms with E-state index >= 15 is 0 Å². The molecule has 0 radical (unpaired) electrons. The molecule has 26 heavy (non-hydrogen) atoms. The van der Waals surface area contributed by atoms with E-state index < -0.39 is 0 Å². The summed E-state index contributed by atoms with van der Waals surface area (Å²) >= 11 is 0. The largest absolute Gasteiger partial charge is 0.370 e. The number of nitrogens with two attached hydrogens (primary N) is 1. The Labute approximate surface area is 154 Å². The minimum atomic E-state index is 0.450. The van der Waals surface area contributed by atoms with Crippen LogP contribution in [-0.4, -0.2) is 22.5 Å². The number of nitrogens with zero attached hydrogens (tertiary/aromatic N) is 2. The molecular weight excluding hydrogens is 322 g/mol. The van der Waals surface area contributed by atoms with Gasteiger partial charge in [-0.05, 0) is 48.6 Å². The fourth-order valence-electron chi connectivity index (χ4n) is 2.89. The second-order valence-electron chi connectivity index (χ2n) is 6.63. The van der Waals surface area contributed by atoms with Gasteiger partial charge in [0.05, 0.1) is 11.0 Å². The van der Waals surface area contributed by atoms with Gasteiger partial charge in [-0.3, -0.25) is 4.99 Å². The van der Waals surface area contributed by atoms with Crippen LogP contribution in [0.1, 0.15) is 44.0 Å². The maximum atomic E-state index is 5.99. The monoisotopic (exact) mass is 349 g/mol. The second-order valence-corrected chi connectivity index (χ2v) is 6.63. The van der Waals surface area contributed by atoms with Gasteiger partial charge in [-0.2, -0.15) is 0 Å². The highest BCUT2D eigenvalue weighted by Gasteiger charge is 2.03. The second kappa shape index (κ2) is 8.52. The zero-order valence-electron chi connectivity index (χ0n) is 15.5. The van der Waals surface area contributed by atoms with Crippen molar-refractivity contribution in [2.24, 2.45) is 10.7 Å². The number of benzene rings is 2. The number of aryl methyl sites for hydroxylation is 1. The molecule has 0 amide bonds. The van der Waals surface area contributed by atoms with Gasteiger partial charge in [0.15, 0.2) is 5.96 Å². The number of imidazole rings is 1. The summed E-state index contributed by atoms with van der Waals surface area (Å²) in [7, 11) is 0. The number of aliphatic imine (C=N–C) groups is 1. The van der Waals surface area contributed by atoms with Crippen molar-refractivity contribution < 1.29 is 0 Å². The van der Waals surface area contributed by atoms with Crippen LogP contribution in [0.5, 0.6) is 0 Å². The lowest BCUT2D eigenvalue weighted by molar-refractivity contribution is 0.734. The Morgan fingerprint density at radius 3 is 2.69 bits per heavy atom. The lowest BCUT2D eigenvalue weighted by Crippen LogP contribution is -2.22. The van der Waals surface area contributed by atoms with Crippen LogP contribution in [0, 0.1) is 0 Å². The minimum absolute atomic E-state index is 0.450. The van der Waals surface area contributed by atoms with Crippen LogP contribution in [0.2, 0.25) is 0 Å². The van der Waals surface area contributed by atoms with Crippen molar-refractivity contribution in [3.8, 4) is 0 Å². The van der Waals surface area contributed by atoms with Crippen molar-refractivity contribution in [2.75, 3.05) is 11.9 Å². The van der Waals surface area contributed by atoms with Crippen molar-refractivity contribution in [3.63, 3.8) is 0 Å². The first kappa shape index (κ1) is 18.0. The molecule has 0 aliphatic heterocycles. The Hall–Kier alpha value is -2.82. The molecule has 3 rings (SSSR count). The molecule has 5 nitrogen and oxygen atoms in total. The molecule has 0 bridgehead atoms. The summed E-state index contributed by atoms with van der Waals surface area (Å²) in [6, 6.07) is 16.5. The van der Waals surface area contributed by atoms with Crippen LogP contribution >= 0.6 is 0 Å². The lowest BCUT2D eigenvalue weighted by atomic mass is 9.99. The topological polar surface area (TPSA) is 79.1 Å². The third kappa shape index (κ3) is 4.63. The highest BCUT2D eigenvalue weighted by molar-refractivity contribution is 5.92. The van der Waals surface area contributed by atoms with Crippen LogP contribution in [0.15, 0.2) is 53.5 Å². The molecular formula is C21H27N5. The molecule has 1 unspecified atom stereocenters. The molecule has 5 heteroatoms. The van der Waals surface area contributed by atoms with E-state index in [4.69, 9.17) is 5.73 Å². The predicted molar refractivity (Wildman–Crippen MR) is 110 cm³/mol. The average Bonchev–Trinajstić information content (AvgIpc) is 3.08. The zero-order valence-corrected chi connectivity index (χ0v) is 15.5. The molecule has 0 aliphatic carbocycles. The first-order chi connectivity index (χ1) is 12.7. The molecule has 0 saturated heterocycles. The van der Waals surface area contributed by atoms with Crippen molar-refractivity contribution in [1.29, 1.82) is 0 Å². The van der Waals surface area contributed by atoms with Crippen LogP contribution in [-0.2, 0) is 6.42 Å². The van der Waals surface area contributed by atoms with E-state index in [9.17, 15) is 0 Å². The molecule has 1 heterocycles. The van der Waals surface area contributed by atoms with Gasteiger partial charge in [0, 0.05) is 18.7 Å². The number of H-pyrrole nitrogens is 1. The van der Waals surface area contributed by atoms with Gasteiger partial charge in [-0.1, -0.05) is 38.1 Å². The number of hydrogen-bond donors (Lipinski definition) is 3. The number of fused-ring (bicyclic) bond motifs is 1. The maximum absolute atomic E-state index is 5.99. The van der Waals surface area contributed by atoms with Crippen molar-refractivity contribution in [1.82, 2.24) is 9.97 Å². The first-order valence-corrected chi connectivity index (χ1v) is 9.26. The fraction of sp³-hybridized carbons (Fsp3) is 0.333. The molecule has 1 aromatic heterocycles. The maximum Gasteiger partial charge on any atom is 0.193 e. The third-order valence-corrected chi connectivity index (χ3v) is 4.66. The number of para-hydroxylation sites is 2. The van der Waals surface area contributed by atoms with E-state index in [2.05, 4.69) is 58.4 Å². The van der Waals surface area contributed by atoms with Gasteiger partial charge in [-0.15, -0.1) is 0 Å². The van der Waals surface area contributed by atoms with E-state index in [1.165, 1.54) is 5.56 Å². The van der Waals surface area contributed by atoms with Crippen LogP contribution in [0.4, 0.5) is 5.69 Å². The number of hydrogen-bond acceptors (Lipinski definition) is 2. The van der Waals surface area contributed by atoms with E-state index in [0.717, 1.165) is 41.8 Å². The highest BCUT2D eigenvalue weighted by atomic mass is 15.1. The van der Waals surface area contributed by atoms with Gasteiger partial charge < -0.3 is 16.0 Å². The summed E-state index contributed by atoms with van der Waals surface area (Å²) in [5.74, 6) is 2.02. The number of anilines is 1. The van der Waals surface area contributed by atoms with Gasteiger partial charge in [0.2, 0.25) is 0 Å². The molecule has 4 N–H and O–H groups in total. The van der Waals surface area contributed by atoms with Gasteiger partial charge in [0.25, 0.3) is 0 Å². The lowest BCUT2D eigenvalue weighted by Gasteiger charge is -2.10. The molecule has 0 fully saturated rings. The highest BCUT2D eigenvalue weighted by Crippen LogP contribution is 2.20. The van der Waals surface area contributed by atoms with E-state index in [0.29, 0.717) is 18.4 Å². The van der Waals surface area contributed by atoms with Gasteiger partial charge >= 0.3 is 0 Å². The van der Waals surface area contributed by atoms with Crippen molar-refractivity contribution in [3.05, 3.63) is 59.9 Å². The quantitative estimate of drug-likeness (QED) is 0.335. The molecule has 136 valence electrons. The Morgan fingerprint density at radius 1 is 1.19 bits per heavy atom. The first-order valence-electron chi connectivity index (χ1n) is 9.26. The summed E-state index contributed by atoms with van der Waals surface area (Å²) in [6.07, 6.45) is 2.89. The third-order valence-electron chi connectivity index (χ3n) is 4.66. The average molecular weight is 349 g/mol. The van der Waals surface area contributed by atoms with Crippen LogP contribution in [0.3, 0.4) is 0 Å². The SMILES string of the molecule is CCC(C)c1ccc(NC(N)=NCCCc2nc3ccccc3[nH]2)cc1. The number of nitrogens with one attached hydrogen (secondary N) is 2. The van der Waals surface area contributed by atoms with Gasteiger partial charge in [0.1, 0.15) is 5.82 Å². The predicted octanol–water partition coefficient (Wildman–Crippen LogP) is 4.44. The molecule has 0 spiro atoms.